The van der Waals surface area contributed by atoms with E-state index >= 15 is 0 Å². The third kappa shape index (κ3) is 2.40. The lowest BCUT2D eigenvalue weighted by molar-refractivity contribution is -0.130. The normalized spacial score (nSPS) is 32.6. The van der Waals surface area contributed by atoms with Crippen molar-refractivity contribution < 1.29 is 4.79 Å². The van der Waals surface area contributed by atoms with E-state index in [1.165, 1.54) is 12.8 Å². The van der Waals surface area contributed by atoms with Crippen LogP contribution in [0.4, 0.5) is 0 Å². The molecule has 1 aliphatic heterocycles. The minimum absolute atomic E-state index is 0.0531. The highest BCUT2D eigenvalue weighted by molar-refractivity contribution is 5.84. The van der Waals surface area contributed by atoms with Gasteiger partial charge < -0.3 is 4.90 Å². The molecule has 1 N–H and O–H groups in total. The smallest absolute Gasteiger partial charge is 0.241 e. The number of hydrogen-bond acceptors (Lipinski definition) is 2. The van der Waals surface area contributed by atoms with Gasteiger partial charge in [0.1, 0.15) is 0 Å². The molecule has 1 saturated carbocycles. The van der Waals surface area contributed by atoms with Gasteiger partial charge in [-0.15, -0.1) is 0 Å². The molecule has 92 valence electrons. The number of hydrogen-bond donors (Lipinski definition) is 1. The van der Waals surface area contributed by atoms with E-state index in [-0.39, 0.29) is 12.2 Å². The van der Waals surface area contributed by atoms with Crippen LogP contribution in [0.1, 0.15) is 47.0 Å². The molecule has 3 nitrogen and oxygen atoms in total. The summed E-state index contributed by atoms with van der Waals surface area (Å²) in [6.45, 7) is 9.66. The summed E-state index contributed by atoms with van der Waals surface area (Å²) in [5.74, 6) is 0.888. The molecule has 2 aliphatic rings. The van der Waals surface area contributed by atoms with Gasteiger partial charge in [-0.1, -0.05) is 20.8 Å². The van der Waals surface area contributed by atoms with Crippen molar-refractivity contribution in [3.05, 3.63) is 0 Å². The van der Waals surface area contributed by atoms with Crippen molar-refractivity contribution in [1.29, 1.82) is 0 Å². The molecule has 0 aromatic heterocycles. The topological polar surface area (TPSA) is 32.3 Å². The highest BCUT2D eigenvalue weighted by Gasteiger charge is 2.45. The van der Waals surface area contributed by atoms with Gasteiger partial charge in [-0.2, -0.15) is 0 Å². The standard InChI is InChI=1S/C13H24N2O/c1-9(2)7-11-12(16)15(10(3)14-11)8-13(4)5-6-13/h9-11,14H,5-8H2,1-4H3. The number of carbonyl (C=O) groups is 1. The molecule has 1 saturated heterocycles. The van der Waals surface area contributed by atoms with Crippen molar-refractivity contribution in [2.24, 2.45) is 11.3 Å². The quantitative estimate of drug-likeness (QED) is 0.792. The Hall–Kier alpha value is -0.570. The van der Waals surface area contributed by atoms with Crippen LogP contribution in [-0.4, -0.2) is 29.6 Å². The zero-order valence-corrected chi connectivity index (χ0v) is 10.9. The molecule has 1 aliphatic carbocycles. The van der Waals surface area contributed by atoms with Gasteiger partial charge in [0.25, 0.3) is 0 Å². The molecule has 2 fully saturated rings. The van der Waals surface area contributed by atoms with Crippen LogP contribution in [0.2, 0.25) is 0 Å². The van der Waals surface area contributed by atoms with E-state index in [1.807, 2.05) is 4.90 Å². The fourth-order valence-corrected chi connectivity index (χ4v) is 2.48. The van der Waals surface area contributed by atoms with Gasteiger partial charge in [0.2, 0.25) is 5.91 Å². The van der Waals surface area contributed by atoms with Gasteiger partial charge in [0.15, 0.2) is 0 Å². The van der Waals surface area contributed by atoms with Crippen LogP contribution in [-0.2, 0) is 4.79 Å². The zero-order chi connectivity index (χ0) is 11.9. The average Bonchev–Trinajstić information content (AvgIpc) is 2.84. The molecule has 0 aromatic carbocycles. The Bertz CT molecular complexity index is 284. The number of amides is 1. The molecule has 16 heavy (non-hydrogen) atoms. The van der Waals surface area contributed by atoms with Crippen LogP contribution in [0.25, 0.3) is 0 Å². The molecule has 0 aromatic rings. The molecule has 0 radical (unpaired) electrons. The van der Waals surface area contributed by atoms with Crippen LogP contribution in [0.5, 0.6) is 0 Å². The Labute approximate surface area is 98.6 Å². The Kier molecular flexibility index (Phi) is 2.99. The molecular formula is C13H24N2O. The molecule has 2 rings (SSSR count). The predicted molar refractivity (Wildman–Crippen MR) is 64.9 cm³/mol. The summed E-state index contributed by atoms with van der Waals surface area (Å²) in [5, 5.41) is 3.41. The van der Waals surface area contributed by atoms with Crippen molar-refractivity contribution in [2.45, 2.75) is 59.2 Å². The average molecular weight is 224 g/mol. The minimum Gasteiger partial charge on any atom is -0.326 e. The zero-order valence-electron chi connectivity index (χ0n) is 10.9. The lowest BCUT2D eigenvalue weighted by Gasteiger charge is -2.24. The van der Waals surface area contributed by atoms with Crippen molar-refractivity contribution >= 4 is 5.91 Å². The van der Waals surface area contributed by atoms with Crippen LogP contribution in [0.15, 0.2) is 0 Å². The SMILES string of the molecule is CC(C)CC1NC(C)N(CC2(C)CC2)C1=O. The molecule has 2 atom stereocenters. The summed E-state index contributed by atoms with van der Waals surface area (Å²) in [7, 11) is 0. The summed E-state index contributed by atoms with van der Waals surface area (Å²) >= 11 is 0. The number of rotatable bonds is 4. The van der Waals surface area contributed by atoms with E-state index in [2.05, 4.69) is 33.0 Å². The van der Waals surface area contributed by atoms with Crippen LogP contribution in [0.3, 0.4) is 0 Å². The van der Waals surface area contributed by atoms with Crippen LogP contribution >= 0.6 is 0 Å². The fourth-order valence-electron chi connectivity index (χ4n) is 2.48. The van der Waals surface area contributed by atoms with Gasteiger partial charge in [-0.3, -0.25) is 10.1 Å². The lowest BCUT2D eigenvalue weighted by Crippen LogP contribution is -2.38. The first kappa shape index (κ1) is 11.9. The summed E-state index contributed by atoms with van der Waals surface area (Å²) in [5.41, 5.74) is 0.415. The molecule has 1 heterocycles. The monoisotopic (exact) mass is 224 g/mol. The molecular weight excluding hydrogens is 200 g/mol. The maximum absolute atomic E-state index is 12.2. The van der Waals surface area contributed by atoms with Gasteiger partial charge in [0, 0.05) is 6.54 Å². The Morgan fingerprint density at radius 2 is 2.12 bits per heavy atom. The first-order valence-electron chi connectivity index (χ1n) is 6.48. The third-order valence-electron chi connectivity index (χ3n) is 3.85. The van der Waals surface area contributed by atoms with Crippen molar-refractivity contribution in [3.8, 4) is 0 Å². The molecule has 0 bridgehead atoms. The minimum atomic E-state index is 0.0531. The van der Waals surface area contributed by atoms with E-state index in [9.17, 15) is 4.79 Å². The first-order valence-corrected chi connectivity index (χ1v) is 6.48. The van der Waals surface area contributed by atoms with Crippen molar-refractivity contribution in [2.75, 3.05) is 6.54 Å². The van der Waals surface area contributed by atoms with Gasteiger partial charge in [-0.05, 0) is 37.5 Å². The second kappa shape index (κ2) is 4.02. The summed E-state index contributed by atoms with van der Waals surface area (Å²) < 4.78 is 0. The molecule has 2 unspecified atom stereocenters. The van der Waals surface area contributed by atoms with Crippen LogP contribution in [0, 0.1) is 11.3 Å². The van der Waals surface area contributed by atoms with Gasteiger partial charge >= 0.3 is 0 Å². The van der Waals surface area contributed by atoms with E-state index in [0.717, 1.165) is 13.0 Å². The highest BCUT2D eigenvalue weighted by Crippen LogP contribution is 2.46. The van der Waals surface area contributed by atoms with Crippen molar-refractivity contribution in [1.82, 2.24) is 10.2 Å². The largest absolute Gasteiger partial charge is 0.326 e. The molecule has 3 heteroatoms. The highest BCUT2D eigenvalue weighted by atomic mass is 16.2. The number of carbonyl (C=O) groups excluding carboxylic acids is 1. The summed E-state index contributed by atoms with van der Waals surface area (Å²) in [6.07, 6.45) is 3.72. The maximum atomic E-state index is 12.2. The number of nitrogens with zero attached hydrogens (tertiary/aromatic N) is 1. The molecule has 1 amide bonds. The lowest BCUT2D eigenvalue weighted by atomic mass is 10.0. The predicted octanol–water partition coefficient (Wildman–Crippen LogP) is 1.98. The Morgan fingerprint density at radius 1 is 1.50 bits per heavy atom. The van der Waals surface area contributed by atoms with E-state index in [4.69, 9.17) is 0 Å². The van der Waals surface area contributed by atoms with Gasteiger partial charge in [0.05, 0.1) is 12.2 Å². The Morgan fingerprint density at radius 3 is 2.62 bits per heavy atom. The van der Waals surface area contributed by atoms with Crippen molar-refractivity contribution in [3.63, 3.8) is 0 Å². The first-order chi connectivity index (χ1) is 7.41. The number of nitrogens with one attached hydrogen (secondary N) is 1. The van der Waals surface area contributed by atoms with E-state index < -0.39 is 0 Å². The second-order valence-electron chi connectivity index (χ2n) is 6.30. The van der Waals surface area contributed by atoms with E-state index in [1.54, 1.807) is 0 Å². The third-order valence-corrected chi connectivity index (χ3v) is 3.85. The summed E-state index contributed by atoms with van der Waals surface area (Å²) in [6, 6.07) is 0.0531. The van der Waals surface area contributed by atoms with Crippen LogP contribution < -0.4 is 5.32 Å². The summed E-state index contributed by atoms with van der Waals surface area (Å²) in [4.78, 5) is 14.3. The second-order valence-corrected chi connectivity index (χ2v) is 6.30. The Balaban J connectivity index is 1.96. The maximum Gasteiger partial charge on any atom is 0.241 e. The fraction of sp³-hybridized carbons (Fsp3) is 0.923. The molecule has 0 spiro atoms. The van der Waals surface area contributed by atoms with Gasteiger partial charge in [-0.25, -0.2) is 0 Å². The van der Waals surface area contributed by atoms with E-state index in [0.29, 0.717) is 17.2 Å².